The largest absolute Gasteiger partial charge is 0.461 e. The molecule has 0 fully saturated rings. The lowest BCUT2D eigenvalue weighted by molar-refractivity contribution is -0.144. The van der Waals surface area contributed by atoms with E-state index in [0.717, 1.165) is 16.5 Å². The van der Waals surface area contributed by atoms with Crippen LogP contribution in [-0.2, 0) is 22.6 Å². The molecule has 0 amide bonds. The van der Waals surface area contributed by atoms with Crippen LogP contribution >= 0.6 is 11.3 Å². The lowest BCUT2D eigenvalue weighted by atomic mass is 9.92. The summed E-state index contributed by atoms with van der Waals surface area (Å²) in [5.74, 6) is -0.186. The van der Waals surface area contributed by atoms with Crippen molar-refractivity contribution in [3.05, 3.63) is 82.6 Å². The van der Waals surface area contributed by atoms with E-state index in [4.69, 9.17) is 4.74 Å². The van der Waals surface area contributed by atoms with E-state index in [1.165, 1.54) is 26.9 Å². The summed E-state index contributed by atoms with van der Waals surface area (Å²) >= 11 is 1.59. The second kappa shape index (κ2) is 6.11. The van der Waals surface area contributed by atoms with Gasteiger partial charge in [-0.3, -0.25) is 4.79 Å². The minimum atomic E-state index is -0.186. The summed E-state index contributed by atoms with van der Waals surface area (Å²) in [6, 6.07) is 21.2. The van der Waals surface area contributed by atoms with Crippen molar-refractivity contribution in [1.29, 1.82) is 0 Å². The Morgan fingerprint density at radius 1 is 0.846 bits per heavy atom. The normalized spacial score (nSPS) is 11.5. The number of hydrogen-bond donors (Lipinski definition) is 0. The molecule has 0 unspecified atom stereocenters. The second-order valence-electron chi connectivity index (χ2n) is 6.55. The average molecular weight is 356 g/mol. The van der Waals surface area contributed by atoms with Gasteiger partial charge in [-0.2, -0.15) is 11.3 Å². The highest BCUT2D eigenvalue weighted by Crippen LogP contribution is 2.36. The van der Waals surface area contributed by atoms with Gasteiger partial charge in [-0.15, -0.1) is 0 Å². The first-order valence-corrected chi connectivity index (χ1v) is 9.56. The van der Waals surface area contributed by atoms with Crippen LogP contribution in [0.1, 0.15) is 11.1 Å². The lowest BCUT2D eigenvalue weighted by Crippen LogP contribution is -2.07. The summed E-state index contributed by atoms with van der Waals surface area (Å²) in [5.41, 5.74) is 2.06. The van der Waals surface area contributed by atoms with Crippen LogP contribution in [0.15, 0.2) is 71.4 Å². The predicted molar refractivity (Wildman–Crippen MR) is 108 cm³/mol. The van der Waals surface area contributed by atoms with Crippen LogP contribution in [-0.4, -0.2) is 5.97 Å². The Morgan fingerprint density at radius 2 is 1.58 bits per heavy atom. The Kier molecular flexibility index (Phi) is 3.61. The predicted octanol–water partition coefficient (Wildman–Crippen LogP) is 5.93. The van der Waals surface area contributed by atoms with Gasteiger partial charge >= 0.3 is 5.97 Å². The molecule has 126 valence electrons. The highest BCUT2D eigenvalue weighted by atomic mass is 32.1. The third-order valence-corrected chi connectivity index (χ3v) is 5.67. The van der Waals surface area contributed by atoms with Gasteiger partial charge in [0.05, 0.1) is 6.42 Å². The van der Waals surface area contributed by atoms with Crippen LogP contribution in [0.5, 0.6) is 0 Å². The maximum Gasteiger partial charge on any atom is 0.310 e. The summed E-state index contributed by atoms with van der Waals surface area (Å²) in [5, 5.41) is 11.4. The zero-order valence-corrected chi connectivity index (χ0v) is 14.9. The molecule has 0 atom stereocenters. The second-order valence-corrected chi connectivity index (χ2v) is 7.33. The standard InChI is InChI=1S/C23H16O2S/c24-21(12-15-10-11-26-14-15)25-13-19-7-6-18-5-4-16-2-1-3-17-8-9-20(19)23(18)22(16)17/h1-11,14H,12-13H2. The summed E-state index contributed by atoms with van der Waals surface area (Å²) in [7, 11) is 0. The van der Waals surface area contributed by atoms with Gasteiger partial charge < -0.3 is 4.74 Å². The molecular weight excluding hydrogens is 340 g/mol. The third kappa shape index (κ3) is 2.52. The summed E-state index contributed by atoms with van der Waals surface area (Å²) in [6.07, 6.45) is 0.329. The van der Waals surface area contributed by atoms with Gasteiger partial charge in [0, 0.05) is 0 Å². The fraction of sp³-hybridized carbons (Fsp3) is 0.0870. The zero-order chi connectivity index (χ0) is 17.5. The van der Waals surface area contributed by atoms with Gasteiger partial charge in [0.1, 0.15) is 6.61 Å². The fourth-order valence-electron chi connectivity index (χ4n) is 3.69. The number of carbonyl (C=O) groups excluding carboxylic acids is 1. The van der Waals surface area contributed by atoms with Crippen LogP contribution in [0, 0.1) is 0 Å². The molecule has 3 heteroatoms. The SMILES string of the molecule is O=C(Cc1ccsc1)OCc1ccc2ccc3cccc4ccc1c2c34. The quantitative estimate of drug-likeness (QED) is 0.295. The minimum absolute atomic E-state index is 0.186. The van der Waals surface area contributed by atoms with E-state index >= 15 is 0 Å². The van der Waals surface area contributed by atoms with E-state index in [1.54, 1.807) is 11.3 Å². The molecule has 0 bridgehead atoms. The van der Waals surface area contributed by atoms with Crippen LogP contribution in [0.25, 0.3) is 32.3 Å². The molecule has 4 aromatic carbocycles. The van der Waals surface area contributed by atoms with E-state index in [0.29, 0.717) is 13.0 Å². The van der Waals surface area contributed by atoms with Gasteiger partial charge in [-0.05, 0) is 60.3 Å². The van der Waals surface area contributed by atoms with Crippen LogP contribution in [0.4, 0.5) is 0 Å². The van der Waals surface area contributed by atoms with E-state index < -0.39 is 0 Å². The lowest BCUT2D eigenvalue weighted by Gasteiger charge is -2.14. The first-order chi connectivity index (χ1) is 12.8. The van der Waals surface area contributed by atoms with Crippen molar-refractivity contribution in [3.8, 4) is 0 Å². The number of carbonyl (C=O) groups is 1. The molecule has 0 aliphatic heterocycles. The van der Waals surface area contributed by atoms with Crippen molar-refractivity contribution < 1.29 is 9.53 Å². The van der Waals surface area contributed by atoms with Crippen molar-refractivity contribution in [2.75, 3.05) is 0 Å². The van der Waals surface area contributed by atoms with Crippen molar-refractivity contribution in [3.63, 3.8) is 0 Å². The highest BCUT2D eigenvalue weighted by molar-refractivity contribution is 7.08. The van der Waals surface area contributed by atoms with Crippen molar-refractivity contribution in [1.82, 2.24) is 0 Å². The monoisotopic (exact) mass is 356 g/mol. The van der Waals surface area contributed by atoms with E-state index in [1.807, 2.05) is 16.8 Å². The Labute approximate surface area is 155 Å². The fourth-order valence-corrected chi connectivity index (χ4v) is 4.36. The summed E-state index contributed by atoms with van der Waals surface area (Å²) < 4.78 is 5.56. The van der Waals surface area contributed by atoms with Gasteiger partial charge in [0.15, 0.2) is 0 Å². The molecule has 1 heterocycles. The van der Waals surface area contributed by atoms with Crippen molar-refractivity contribution in [2.45, 2.75) is 13.0 Å². The first kappa shape index (κ1) is 15.4. The Hall–Kier alpha value is -2.91. The summed E-state index contributed by atoms with van der Waals surface area (Å²) in [4.78, 5) is 12.1. The Bertz CT molecular complexity index is 1210. The van der Waals surface area contributed by atoms with Crippen molar-refractivity contribution in [2.24, 2.45) is 0 Å². The topological polar surface area (TPSA) is 26.3 Å². The third-order valence-electron chi connectivity index (χ3n) is 4.94. The Morgan fingerprint density at radius 3 is 2.35 bits per heavy atom. The molecule has 5 aromatic rings. The van der Waals surface area contributed by atoms with E-state index in [9.17, 15) is 4.79 Å². The van der Waals surface area contributed by atoms with E-state index in [-0.39, 0.29) is 5.97 Å². The zero-order valence-electron chi connectivity index (χ0n) is 14.1. The molecule has 2 nitrogen and oxygen atoms in total. The number of benzene rings is 4. The average Bonchev–Trinajstić information content (AvgIpc) is 3.18. The molecule has 0 saturated carbocycles. The molecular formula is C23H16O2S. The molecule has 0 saturated heterocycles. The molecule has 26 heavy (non-hydrogen) atoms. The molecule has 1 aromatic heterocycles. The molecule has 0 aliphatic carbocycles. The number of thiophene rings is 1. The summed E-state index contributed by atoms with van der Waals surface area (Å²) in [6.45, 7) is 0.303. The Balaban J connectivity index is 1.52. The van der Waals surface area contributed by atoms with Crippen LogP contribution in [0.2, 0.25) is 0 Å². The number of hydrogen-bond acceptors (Lipinski definition) is 3. The maximum atomic E-state index is 12.1. The number of rotatable bonds is 4. The smallest absolute Gasteiger partial charge is 0.310 e. The molecule has 5 rings (SSSR count). The van der Waals surface area contributed by atoms with Crippen LogP contribution in [0.3, 0.4) is 0 Å². The molecule has 0 N–H and O–H groups in total. The van der Waals surface area contributed by atoms with Gasteiger partial charge in [0.2, 0.25) is 0 Å². The van der Waals surface area contributed by atoms with Gasteiger partial charge in [-0.25, -0.2) is 0 Å². The molecule has 0 aliphatic rings. The minimum Gasteiger partial charge on any atom is -0.461 e. The van der Waals surface area contributed by atoms with Crippen molar-refractivity contribution >= 4 is 49.6 Å². The first-order valence-electron chi connectivity index (χ1n) is 8.62. The highest BCUT2D eigenvalue weighted by Gasteiger charge is 2.12. The van der Waals surface area contributed by atoms with E-state index in [2.05, 4.69) is 54.6 Å². The van der Waals surface area contributed by atoms with Crippen LogP contribution < -0.4 is 0 Å². The number of esters is 1. The molecule has 0 spiro atoms. The van der Waals surface area contributed by atoms with Gasteiger partial charge in [-0.1, -0.05) is 54.6 Å². The van der Waals surface area contributed by atoms with Gasteiger partial charge in [0.25, 0.3) is 0 Å². The number of ether oxygens (including phenoxy) is 1. The molecule has 0 radical (unpaired) electrons. The maximum absolute atomic E-state index is 12.1.